The molecule has 0 saturated heterocycles. The van der Waals surface area contributed by atoms with E-state index in [1.807, 2.05) is 6.92 Å². The SMILES string of the molecule is Cc1ccc(C)c(CN2CCn3c(C)nnc3C2)c1. The zero-order valence-electron chi connectivity index (χ0n) is 11.8. The summed E-state index contributed by atoms with van der Waals surface area (Å²) in [4.78, 5) is 2.45. The smallest absolute Gasteiger partial charge is 0.147 e. The van der Waals surface area contributed by atoms with Crippen molar-refractivity contribution >= 4 is 0 Å². The van der Waals surface area contributed by atoms with Crippen LogP contribution in [0.15, 0.2) is 18.2 Å². The van der Waals surface area contributed by atoms with E-state index in [0.717, 1.165) is 37.8 Å². The molecule has 19 heavy (non-hydrogen) atoms. The van der Waals surface area contributed by atoms with Gasteiger partial charge in [0.2, 0.25) is 0 Å². The predicted molar refractivity (Wildman–Crippen MR) is 74.8 cm³/mol. The van der Waals surface area contributed by atoms with Crippen molar-refractivity contribution in [2.45, 2.75) is 40.4 Å². The normalized spacial score (nSPS) is 15.5. The average Bonchev–Trinajstić information content (AvgIpc) is 2.75. The third-order valence-electron chi connectivity index (χ3n) is 3.92. The van der Waals surface area contributed by atoms with Gasteiger partial charge in [-0.2, -0.15) is 0 Å². The van der Waals surface area contributed by atoms with Crippen LogP contribution in [0.25, 0.3) is 0 Å². The van der Waals surface area contributed by atoms with Gasteiger partial charge in [0, 0.05) is 19.6 Å². The van der Waals surface area contributed by atoms with Gasteiger partial charge in [-0.15, -0.1) is 10.2 Å². The first-order valence-corrected chi connectivity index (χ1v) is 6.80. The Bertz CT molecular complexity index is 600. The Balaban J connectivity index is 1.77. The van der Waals surface area contributed by atoms with Crippen LogP contribution < -0.4 is 0 Å². The molecule has 0 unspecified atom stereocenters. The molecule has 0 bridgehead atoms. The average molecular weight is 256 g/mol. The summed E-state index contributed by atoms with van der Waals surface area (Å²) >= 11 is 0. The maximum absolute atomic E-state index is 4.26. The number of rotatable bonds is 2. The standard InChI is InChI=1S/C15H20N4/c1-11-4-5-12(2)14(8-11)9-18-6-7-19-13(3)16-17-15(19)10-18/h4-5,8H,6-7,9-10H2,1-3H3. The molecule has 1 aliphatic heterocycles. The van der Waals surface area contributed by atoms with Crippen molar-refractivity contribution in [1.29, 1.82) is 0 Å². The van der Waals surface area contributed by atoms with Crippen LogP contribution in [-0.2, 0) is 19.6 Å². The van der Waals surface area contributed by atoms with Crippen molar-refractivity contribution in [2.24, 2.45) is 0 Å². The van der Waals surface area contributed by atoms with Crippen molar-refractivity contribution in [3.8, 4) is 0 Å². The Hall–Kier alpha value is -1.68. The van der Waals surface area contributed by atoms with Gasteiger partial charge < -0.3 is 4.57 Å². The topological polar surface area (TPSA) is 34.0 Å². The van der Waals surface area contributed by atoms with E-state index in [4.69, 9.17) is 0 Å². The van der Waals surface area contributed by atoms with E-state index < -0.39 is 0 Å². The van der Waals surface area contributed by atoms with Crippen molar-refractivity contribution in [3.63, 3.8) is 0 Å². The summed E-state index contributed by atoms with van der Waals surface area (Å²) < 4.78 is 2.22. The van der Waals surface area contributed by atoms with E-state index in [1.54, 1.807) is 0 Å². The van der Waals surface area contributed by atoms with E-state index in [2.05, 4.69) is 51.7 Å². The van der Waals surface area contributed by atoms with Crippen molar-refractivity contribution in [1.82, 2.24) is 19.7 Å². The van der Waals surface area contributed by atoms with Gasteiger partial charge in [0.15, 0.2) is 0 Å². The fourth-order valence-electron chi connectivity index (χ4n) is 2.70. The molecule has 3 rings (SSSR count). The summed E-state index contributed by atoms with van der Waals surface area (Å²) in [6.07, 6.45) is 0. The zero-order valence-corrected chi connectivity index (χ0v) is 11.8. The van der Waals surface area contributed by atoms with Crippen molar-refractivity contribution in [2.75, 3.05) is 6.54 Å². The minimum Gasteiger partial charge on any atom is -0.313 e. The highest BCUT2D eigenvalue weighted by molar-refractivity contribution is 5.30. The molecule has 0 atom stereocenters. The second-order valence-corrected chi connectivity index (χ2v) is 5.46. The van der Waals surface area contributed by atoms with E-state index >= 15 is 0 Å². The zero-order chi connectivity index (χ0) is 13.4. The molecular formula is C15H20N4. The number of nitrogens with zero attached hydrogens (tertiary/aromatic N) is 4. The van der Waals surface area contributed by atoms with E-state index in [1.165, 1.54) is 16.7 Å². The van der Waals surface area contributed by atoms with Crippen LogP contribution in [0.5, 0.6) is 0 Å². The molecular weight excluding hydrogens is 236 g/mol. The Morgan fingerprint density at radius 3 is 2.79 bits per heavy atom. The minimum atomic E-state index is 0.897. The molecule has 100 valence electrons. The van der Waals surface area contributed by atoms with Gasteiger partial charge in [-0.1, -0.05) is 23.8 Å². The Labute approximate surface area is 114 Å². The predicted octanol–water partition coefficient (Wildman–Crippen LogP) is 2.22. The third kappa shape index (κ3) is 2.40. The molecule has 0 radical (unpaired) electrons. The second-order valence-electron chi connectivity index (χ2n) is 5.46. The summed E-state index contributed by atoms with van der Waals surface area (Å²) in [6, 6.07) is 6.68. The number of aryl methyl sites for hydroxylation is 3. The van der Waals surface area contributed by atoms with Gasteiger partial charge in [0.1, 0.15) is 11.6 Å². The molecule has 0 saturated carbocycles. The Morgan fingerprint density at radius 2 is 1.95 bits per heavy atom. The largest absolute Gasteiger partial charge is 0.313 e. The summed E-state index contributed by atoms with van der Waals surface area (Å²) in [6.45, 7) is 10.3. The van der Waals surface area contributed by atoms with E-state index in [-0.39, 0.29) is 0 Å². The lowest BCUT2D eigenvalue weighted by molar-refractivity contribution is 0.207. The lowest BCUT2D eigenvalue weighted by atomic mass is 10.0. The highest BCUT2D eigenvalue weighted by Crippen LogP contribution is 2.18. The molecule has 1 aromatic heterocycles. The van der Waals surface area contributed by atoms with Gasteiger partial charge in [0.05, 0.1) is 6.54 Å². The summed E-state index contributed by atoms with van der Waals surface area (Å²) in [5.74, 6) is 2.12. The molecule has 0 fully saturated rings. The number of hydrogen-bond acceptors (Lipinski definition) is 3. The lowest BCUT2D eigenvalue weighted by Crippen LogP contribution is -2.33. The summed E-state index contributed by atoms with van der Waals surface area (Å²) in [7, 11) is 0. The van der Waals surface area contributed by atoms with Crippen molar-refractivity contribution < 1.29 is 0 Å². The molecule has 0 amide bonds. The first-order valence-electron chi connectivity index (χ1n) is 6.80. The Morgan fingerprint density at radius 1 is 1.11 bits per heavy atom. The second kappa shape index (κ2) is 4.78. The van der Waals surface area contributed by atoms with Gasteiger partial charge in [-0.05, 0) is 31.9 Å². The lowest BCUT2D eigenvalue weighted by Gasteiger charge is -2.28. The van der Waals surface area contributed by atoms with Gasteiger partial charge >= 0.3 is 0 Å². The molecule has 2 aromatic rings. The van der Waals surface area contributed by atoms with Crippen LogP contribution in [0.3, 0.4) is 0 Å². The van der Waals surface area contributed by atoms with E-state index in [9.17, 15) is 0 Å². The maximum atomic E-state index is 4.26. The quantitative estimate of drug-likeness (QED) is 0.826. The first kappa shape index (κ1) is 12.4. The molecule has 4 nitrogen and oxygen atoms in total. The van der Waals surface area contributed by atoms with Gasteiger partial charge in [-0.25, -0.2) is 0 Å². The number of fused-ring (bicyclic) bond motifs is 1. The monoisotopic (exact) mass is 256 g/mol. The van der Waals surface area contributed by atoms with Crippen LogP contribution in [0, 0.1) is 20.8 Å². The van der Waals surface area contributed by atoms with Crippen LogP contribution in [-0.4, -0.2) is 26.2 Å². The number of hydrogen-bond donors (Lipinski definition) is 0. The highest BCUT2D eigenvalue weighted by atomic mass is 15.3. The van der Waals surface area contributed by atoms with Crippen LogP contribution in [0.4, 0.5) is 0 Å². The number of aromatic nitrogens is 3. The molecule has 0 N–H and O–H groups in total. The van der Waals surface area contributed by atoms with Gasteiger partial charge in [0.25, 0.3) is 0 Å². The van der Waals surface area contributed by atoms with Crippen LogP contribution in [0.2, 0.25) is 0 Å². The molecule has 4 heteroatoms. The fraction of sp³-hybridized carbons (Fsp3) is 0.467. The van der Waals surface area contributed by atoms with Gasteiger partial charge in [-0.3, -0.25) is 4.90 Å². The maximum Gasteiger partial charge on any atom is 0.147 e. The fourth-order valence-corrected chi connectivity index (χ4v) is 2.70. The molecule has 1 aromatic carbocycles. The molecule has 0 aliphatic carbocycles. The Kier molecular flexibility index (Phi) is 3.11. The van der Waals surface area contributed by atoms with E-state index in [0.29, 0.717) is 0 Å². The van der Waals surface area contributed by atoms with Crippen molar-refractivity contribution in [3.05, 3.63) is 46.5 Å². The number of benzene rings is 1. The molecule has 0 spiro atoms. The van der Waals surface area contributed by atoms with Crippen LogP contribution in [0.1, 0.15) is 28.3 Å². The third-order valence-corrected chi connectivity index (χ3v) is 3.92. The highest BCUT2D eigenvalue weighted by Gasteiger charge is 2.19. The minimum absolute atomic E-state index is 0.897. The molecule has 1 aliphatic rings. The molecule has 2 heterocycles. The van der Waals surface area contributed by atoms with Crippen LogP contribution >= 0.6 is 0 Å². The first-order chi connectivity index (χ1) is 9.13. The summed E-state index contributed by atoms with van der Waals surface area (Å²) in [5, 5.41) is 8.42. The summed E-state index contributed by atoms with van der Waals surface area (Å²) in [5.41, 5.74) is 4.12.